The average molecular weight is 271 g/mol. The van der Waals surface area contributed by atoms with E-state index in [0.29, 0.717) is 12.0 Å². The molecular formula is C12H17NO4S. The van der Waals surface area contributed by atoms with Crippen LogP contribution in [0.4, 0.5) is 0 Å². The Morgan fingerprint density at radius 1 is 1.28 bits per heavy atom. The van der Waals surface area contributed by atoms with E-state index in [1.165, 1.54) is 0 Å². The Balaban J connectivity index is 2.44. The van der Waals surface area contributed by atoms with Crippen molar-refractivity contribution in [1.82, 2.24) is 4.72 Å². The van der Waals surface area contributed by atoms with Gasteiger partial charge < -0.3 is 5.11 Å². The molecule has 18 heavy (non-hydrogen) atoms. The third-order valence-corrected chi connectivity index (χ3v) is 3.72. The van der Waals surface area contributed by atoms with Gasteiger partial charge in [-0.25, -0.2) is 13.1 Å². The zero-order valence-electron chi connectivity index (χ0n) is 10.2. The molecule has 0 aliphatic carbocycles. The van der Waals surface area contributed by atoms with E-state index in [0.717, 1.165) is 5.56 Å². The topological polar surface area (TPSA) is 83.5 Å². The number of rotatable bonds is 7. The summed E-state index contributed by atoms with van der Waals surface area (Å²) in [6.45, 7) is 2.09. The number of nitrogens with one attached hydrogen (secondary N) is 1. The number of hydrogen-bond acceptors (Lipinski definition) is 3. The summed E-state index contributed by atoms with van der Waals surface area (Å²) in [5.74, 6) is -1.01. The Morgan fingerprint density at radius 2 is 1.89 bits per heavy atom. The lowest BCUT2D eigenvalue weighted by Gasteiger charge is -2.06. The van der Waals surface area contributed by atoms with E-state index in [1.54, 1.807) is 12.1 Å². The highest BCUT2D eigenvalue weighted by atomic mass is 32.2. The van der Waals surface area contributed by atoms with Gasteiger partial charge in [-0.15, -0.1) is 0 Å². The second-order valence-electron chi connectivity index (χ2n) is 4.14. The van der Waals surface area contributed by atoms with Crippen LogP contribution in [0.3, 0.4) is 0 Å². The molecule has 0 aliphatic heterocycles. The highest BCUT2D eigenvalue weighted by Gasteiger charge is 2.10. The highest BCUT2D eigenvalue weighted by molar-refractivity contribution is 7.88. The summed E-state index contributed by atoms with van der Waals surface area (Å²) < 4.78 is 25.7. The maximum Gasteiger partial charge on any atom is 0.303 e. The first-order chi connectivity index (χ1) is 8.39. The summed E-state index contributed by atoms with van der Waals surface area (Å²) in [6, 6.07) is 7.25. The predicted molar refractivity (Wildman–Crippen MR) is 68.7 cm³/mol. The van der Waals surface area contributed by atoms with E-state index < -0.39 is 16.0 Å². The number of benzene rings is 1. The molecule has 0 fully saturated rings. The monoisotopic (exact) mass is 271 g/mol. The Bertz CT molecular complexity index is 493. The number of sulfonamides is 1. The molecule has 1 aromatic rings. The van der Waals surface area contributed by atoms with E-state index in [9.17, 15) is 13.2 Å². The molecule has 0 bridgehead atoms. The fraction of sp³-hybridized carbons (Fsp3) is 0.417. The fourth-order valence-corrected chi connectivity index (χ4v) is 2.61. The van der Waals surface area contributed by atoms with E-state index in [2.05, 4.69) is 4.72 Å². The molecule has 0 saturated carbocycles. The quantitative estimate of drug-likeness (QED) is 0.732. The number of carboxylic acids is 1. The third kappa shape index (κ3) is 5.79. The lowest BCUT2D eigenvalue weighted by atomic mass is 10.2. The molecule has 0 heterocycles. The van der Waals surface area contributed by atoms with Crippen molar-refractivity contribution in [3.05, 3.63) is 35.4 Å². The summed E-state index contributed by atoms with van der Waals surface area (Å²) >= 11 is 0. The van der Waals surface area contributed by atoms with Crippen molar-refractivity contribution >= 4 is 16.0 Å². The molecule has 0 saturated heterocycles. The van der Waals surface area contributed by atoms with Crippen LogP contribution in [-0.4, -0.2) is 26.0 Å². The van der Waals surface area contributed by atoms with Gasteiger partial charge in [0, 0.05) is 13.0 Å². The van der Waals surface area contributed by atoms with Crippen LogP contribution in [-0.2, 0) is 20.6 Å². The van der Waals surface area contributed by atoms with E-state index in [-0.39, 0.29) is 18.7 Å². The largest absolute Gasteiger partial charge is 0.481 e. The smallest absolute Gasteiger partial charge is 0.303 e. The molecule has 2 N–H and O–H groups in total. The summed E-state index contributed by atoms with van der Waals surface area (Å²) in [4.78, 5) is 10.3. The van der Waals surface area contributed by atoms with Crippen LogP contribution in [0, 0.1) is 6.92 Å². The van der Waals surface area contributed by atoms with Crippen LogP contribution in [0.15, 0.2) is 24.3 Å². The minimum Gasteiger partial charge on any atom is -0.481 e. The predicted octanol–water partition coefficient (Wildman–Crippen LogP) is 1.28. The van der Waals surface area contributed by atoms with Crippen LogP contribution in [0.25, 0.3) is 0 Å². The van der Waals surface area contributed by atoms with Gasteiger partial charge in [-0.1, -0.05) is 29.8 Å². The standard InChI is InChI=1S/C12H17NO4S/c1-10-4-6-11(7-5-10)9-18(16,17)13-8-2-3-12(14)15/h4-7,13H,2-3,8-9H2,1H3,(H,14,15). The van der Waals surface area contributed by atoms with Gasteiger partial charge >= 0.3 is 5.97 Å². The van der Waals surface area contributed by atoms with E-state index >= 15 is 0 Å². The minimum atomic E-state index is -3.39. The number of carbonyl (C=O) groups is 1. The summed E-state index contributed by atoms with van der Waals surface area (Å²) in [7, 11) is -3.39. The van der Waals surface area contributed by atoms with Gasteiger partial charge in [0.2, 0.25) is 10.0 Å². The second-order valence-corrected chi connectivity index (χ2v) is 5.94. The normalized spacial score (nSPS) is 11.4. The van der Waals surface area contributed by atoms with Crippen molar-refractivity contribution in [3.63, 3.8) is 0 Å². The lowest BCUT2D eigenvalue weighted by molar-refractivity contribution is -0.137. The first-order valence-corrected chi connectivity index (χ1v) is 7.29. The molecule has 6 heteroatoms. The molecule has 0 amide bonds. The highest BCUT2D eigenvalue weighted by Crippen LogP contribution is 2.07. The van der Waals surface area contributed by atoms with Crippen LogP contribution in [0.1, 0.15) is 24.0 Å². The summed E-state index contributed by atoms with van der Waals surface area (Å²) in [5, 5.41) is 8.43. The van der Waals surface area contributed by atoms with Crippen molar-refractivity contribution in [2.75, 3.05) is 6.54 Å². The summed E-state index contributed by atoms with van der Waals surface area (Å²) in [5.41, 5.74) is 1.79. The van der Waals surface area contributed by atoms with Crippen LogP contribution >= 0.6 is 0 Å². The van der Waals surface area contributed by atoms with Crippen LogP contribution in [0.5, 0.6) is 0 Å². The zero-order valence-corrected chi connectivity index (χ0v) is 11.0. The number of carboxylic acid groups (broad SMARTS) is 1. The van der Waals surface area contributed by atoms with Crippen molar-refractivity contribution in [2.45, 2.75) is 25.5 Å². The molecule has 5 nitrogen and oxygen atoms in total. The maximum absolute atomic E-state index is 11.7. The molecule has 0 unspecified atom stereocenters. The SMILES string of the molecule is Cc1ccc(CS(=O)(=O)NCCCC(=O)O)cc1. The molecule has 1 rings (SSSR count). The molecule has 1 aromatic carbocycles. The van der Waals surface area contributed by atoms with Gasteiger partial charge in [0.05, 0.1) is 5.75 Å². The van der Waals surface area contributed by atoms with E-state index in [1.807, 2.05) is 19.1 Å². The van der Waals surface area contributed by atoms with Crippen molar-refractivity contribution < 1.29 is 18.3 Å². The fourth-order valence-electron chi connectivity index (χ4n) is 1.42. The van der Waals surface area contributed by atoms with Gasteiger partial charge in [0.15, 0.2) is 0 Å². The summed E-state index contributed by atoms with van der Waals surface area (Å²) in [6.07, 6.45) is 0.259. The van der Waals surface area contributed by atoms with Gasteiger partial charge in [0.1, 0.15) is 0 Å². The number of hydrogen-bond donors (Lipinski definition) is 2. The molecule has 0 aliphatic rings. The third-order valence-electron chi connectivity index (χ3n) is 2.37. The van der Waals surface area contributed by atoms with Gasteiger partial charge in [-0.05, 0) is 18.9 Å². The lowest BCUT2D eigenvalue weighted by Crippen LogP contribution is -2.26. The van der Waals surface area contributed by atoms with Crippen molar-refractivity contribution in [1.29, 1.82) is 0 Å². The first kappa shape index (κ1) is 14.7. The van der Waals surface area contributed by atoms with Gasteiger partial charge in [-0.2, -0.15) is 0 Å². The molecule has 100 valence electrons. The minimum absolute atomic E-state index is 0.0347. The zero-order chi connectivity index (χ0) is 13.6. The Morgan fingerprint density at radius 3 is 2.44 bits per heavy atom. The molecule has 0 atom stereocenters. The average Bonchev–Trinajstić information content (AvgIpc) is 2.27. The van der Waals surface area contributed by atoms with Crippen LogP contribution in [0.2, 0.25) is 0 Å². The Hall–Kier alpha value is -1.40. The van der Waals surface area contributed by atoms with Crippen molar-refractivity contribution in [2.24, 2.45) is 0 Å². The number of aliphatic carboxylic acids is 1. The molecule has 0 aromatic heterocycles. The van der Waals surface area contributed by atoms with E-state index in [4.69, 9.17) is 5.11 Å². The molecule has 0 radical (unpaired) electrons. The Labute approximate surface area is 107 Å². The van der Waals surface area contributed by atoms with Gasteiger partial charge in [0.25, 0.3) is 0 Å². The second kappa shape index (κ2) is 6.51. The van der Waals surface area contributed by atoms with Gasteiger partial charge in [-0.3, -0.25) is 4.79 Å². The van der Waals surface area contributed by atoms with Crippen LogP contribution < -0.4 is 4.72 Å². The number of aryl methyl sites for hydroxylation is 1. The maximum atomic E-state index is 11.7. The van der Waals surface area contributed by atoms with Crippen molar-refractivity contribution in [3.8, 4) is 0 Å². The molecular weight excluding hydrogens is 254 g/mol. The molecule has 0 spiro atoms. The first-order valence-electron chi connectivity index (χ1n) is 5.64. The Kier molecular flexibility index (Phi) is 5.30.